The predicted octanol–water partition coefficient (Wildman–Crippen LogP) is 13.0. The van der Waals surface area contributed by atoms with Crippen molar-refractivity contribution in [3.05, 3.63) is 199 Å². The third-order valence-corrected chi connectivity index (χ3v) is 14.3. The molecular weight excluding hydrogens is 637 g/mol. The number of benzene rings is 7. The fraction of sp³-hybridized carbons (Fsp3) is 0.0417. The van der Waals surface area contributed by atoms with Crippen molar-refractivity contribution in [2.24, 2.45) is 0 Å². The Morgan fingerprint density at radius 2 is 0.824 bits per heavy atom. The minimum absolute atomic E-state index is 1.00. The van der Waals surface area contributed by atoms with Gasteiger partial charge in [-0.25, -0.2) is 0 Å². The lowest BCUT2D eigenvalue weighted by Gasteiger charge is -2.42. The average Bonchev–Trinajstić information content (AvgIpc) is 3.73. The van der Waals surface area contributed by atoms with Crippen molar-refractivity contribution >= 4 is 48.8 Å². The summed E-state index contributed by atoms with van der Waals surface area (Å²) in [6, 6.07) is 67.6. The molecule has 244 valence electrons. The summed E-state index contributed by atoms with van der Waals surface area (Å²) in [6.45, 7) is 0. The van der Waals surface area contributed by atoms with Crippen LogP contribution < -0.4 is 0 Å². The van der Waals surface area contributed by atoms with Gasteiger partial charge in [-0.05, 0) is 85.6 Å². The molecule has 0 spiro atoms. The second-order valence-electron chi connectivity index (χ2n) is 13.3. The fourth-order valence-corrected chi connectivity index (χ4v) is 12.3. The van der Waals surface area contributed by atoms with Crippen LogP contribution in [0.25, 0.3) is 50.2 Å². The van der Waals surface area contributed by atoms with Gasteiger partial charge in [-0.3, -0.25) is 0 Å². The van der Waals surface area contributed by atoms with Gasteiger partial charge in [0.15, 0.2) is 0 Å². The Morgan fingerprint density at radius 1 is 0.392 bits per heavy atom. The van der Waals surface area contributed by atoms with E-state index < -0.39 is 10.0 Å². The normalized spacial score (nSPS) is 13.2. The maximum Gasteiger partial charge on any atom is 0.0541 e. The zero-order valence-corrected chi connectivity index (χ0v) is 29.0. The lowest BCUT2D eigenvalue weighted by Crippen LogP contribution is -2.09. The first-order valence-electron chi connectivity index (χ1n) is 17.7. The summed E-state index contributed by atoms with van der Waals surface area (Å²) in [5.41, 5.74) is 8.75. The van der Waals surface area contributed by atoms with E-state index in [-0.39, 0.29) is 0 Å². The molecule has 10 rings (SSSR count). The van der Waals surface area contributed by atoms with Crippen molar-refractivity contribution in [2.75, 3.05) is 0 Å². The van der Waals surface area contributed by atoms with Crippen LogP contribution in [0, 0.1) is 0 Å². The molecule has 0 atom stereocenters. The zero-order valence-electron chi connectivity index (χ0n) is 28.2. The Labute approximate surface area is 299 Å². The highest BCUT2D eigenvalue weighted by Gasteiger charge is 2.34. The molecule has 0 saturated carbocycles. The van der Waals surface area contributed by atoms with Crippen molar-refractivity contribution in [2.45, 2.75) is 32.4 Å². The van der Waals surface area contributed by atoms with E-state index in [0.29, 0.717) is 0 Å². The van der Waals surface area contributed by atoms with Crippen LogP contribution in [0.15, 0.2) is 208 Å². The van der Waals surface area contributed by atoms with Crippen molar-refractivity contribution in [3.63, 3.8) is 0 Å². The SMILES string of the molecule is C1=Cc2c(n(-c3cc(-n4c5ccccc5c5ccccc54)cc(S(c4ccccc4)(c4ccccc4)c4ccccc4)c3)c3ccccc23)CC1. The Balaban J connectivity index is 1.40. The topological polar surface area (TPSA) is 9.86 Å². The first kappa shape index (κ1) is 29.8. The van der Waals surface area contributed by atoms with E-state index in [1.54, 1.807) is 0 Å². The summed E-state index contributed by atoms with van der Waals surface area (Å²) >= 11 is 0. The summed E-state index contributed by atoms with van der Waals surface area (Å²) in [5, 5.41) is 3.84. The van der Waals surface area contributed by atoms with Gasteiger partial charge in [-0.15, -0.1) is 10.0 Å². The molecule has 0 bridgehead atoms. The Morgan fingerprint density at radius 3 is 1.35 bits per heavy atom. The monoisotopic (exact) mass is 672 g/mol. The van der Waals surface area contributed by atoms with E-state index in [1.165, 1.54) is 69.2 Å². The molecule has 1 aliphatic rings. The van der Waals surface area contributed by atoms with Gasteiger partial charge in [-0.1, -0.05) is 121 Å². The molecule has 2 heterocycles. The van der Waals surface area contributed by atoms with Gasteiger partial charge in [-0.2, -0.15) is 0 Å². The maximum absolute atomic E-state index is 2.56. The van der Waals surface area contributed by atoms with Crippen molar-refractivity contribution < 1.29 is 0 Å². The second kappa shape index (κ2) is 12.1. The number of aromatic nitrogens is 2. The van der Waals surface area contributed by atoms with Crippen molar-refractivity contribution in [1.82, 2.24) is 9.13 Å². The number of nitrogens with zero attached hydrogens (tertiary/aromatic N) is 2. The van der Waals surface area contributed by atoms with Crippen LogP contribution in [0.5, 0.6) is 0 Å². The van der Waals surface area contributed by atoms with Gasteiger partial charge >= 0.3 is 0 Å². The van der Waals surface area contributed by atoms with Crippen LogP contribution in [0.4, 0.5) is 0 Å². The molecule has 51 heavy (non-hydrogen) atoms. The van der Waals surface area contributed by atoms with E-state index in [0.717, 1.165) is 18.5 Å². The van der Waals surface area contributed by atoms with Crippen LogP contribution >= 0.6 is 10.0 Å². The lowest BCUT2D eigenvalue weighted by atomic mass is 10.0. The molecule has 9 aromatic rings. The van der Waals surface area contributed by atoms with Gasteiger partial charge in [0.1, 0.15) is 0 Å². The zero-order chi connectivity index (χ0) is 33.8. The van der Waals surface area contributed by atoms with Crippen LogP contribution in [-0.2, 0) is 6.42 Å². The molecule has 0 fully saturated rings. The molecule has 0 saturated heterocycles. The number of hydrogen-bond donors (Lipinski definition) is 0. The fourth-order valence-electron chi connectivity index (χ4n) is 8.36. The van der Waals surface area contributed by atoms with Crippen LogP contribution in [-0.4, -0.2) is 9.13 Å². The lowest BCUT2D eigenvalue weighted by molar-refractivity contribution is 0.885. The summed E-state index contributed by atoms with van der Waals surface area (Å²) in [7, 11) is -1.96. The number of allylic oxidation sites excluding steroid dienone is 1. The van der Waals surface area contributed by atoms with Gasteiger partial charge < -0.3 is 9.13 Å². The first-order chi connectivity index (χ1) is 25.3. The molecular formula is C48H36N2S. The average molecular weight is 673 g/mol. The highest BCUT2D eigenvalue weighted by molar-refractivity contribution is 8.34. The van der Waals surface area contributed by atoms with E-state index in [9.17, 15) is 0 Å². The van der Waals surface area contributed by atoms with E-state index in [4.69, 9.17) is 0 Å². The summed E-state index contributed by atoms with van der Waals surface area (Å²) < 4.78 is 5.04. The van der Waals surface area contributed by atoms with Crippen molar-refractivity contribution in [3.8, 4) is 11.4 Å². The highest BCUT2D eigenvalue weighted by atomic mass is 32.3. The Kier molecular flexibility index (Phi) is 7.07. The summed E-state index contributed by atoms with van der Waals surface area (Å²) in [4.78, 5) is 5.25. The van der Waals surface area contributed by atoms with E-state index in [2.05, 4.69) is 203 Å². The largest absolute Gasteiger partial charge is 0.313 e. The van der Waals surface area contributed by atoms with E-state index >= 15 is 0 Å². The summed E-state index contributed by atoms with van der Waals surface area (Å²) in [5.74, 6) is 0. The second-order valence-corrected chi connectivity index (χ2v) is 16.4. The van der Waals surface area contributed by atoms with Gasteiger partial charge in [0.25, 0.3) is 0 Å². The highest BCUT2D eigenvalue weighted by Crippen LogP contribution is 2.73. The molecule has 7 aromatic carbocycles. The molecule has 0 amide bonds. The quantitative estimate of drug-likeness (QED) is 0.166. The number of hydrogen-bond acceptors (Lipinski definition) is 0. The minimum Gasteiger partial charge on any atom is -0.313 e. The van der Waals surface area contributed by atoms with Crippen LogP contribution in [0.2, 0.25) is 0 Å². The van der Waals surface area contributed by atoms with Gasteiger partial charge in [0.05, 0.1) is 16.6 Å². The Hall–Kier alpha value is -6.03. The molecule has 0 N–H and O–H groups in total. The van der Waals surface area contributed by atoms with Gasteiger partial charge in [0, 0.05) is 58.4 Å². The molecule has 2 aromatic heterocycles. The number of para-hydroxylation sites is 3. The molecule has 3 heteroatoms. The first-order valence-corrected chi connectivity index (χ1v) is 19.4. The summed E-state index contributed by atoms with van der Waals surface area (Å²) in [6.07, 6.45) is 6.71. The number of fused-ring (bicyclic) bond motifs is 6. The molecule has 0 unspecified atom stereocenters. The van der Waals surface area contributed by atoms with E-state index in [1.807, 2.05) is 0 Å². The minimum atomic E-state index is -1.96. The predicted molar refractivity (Wildman–Crippen MR) is 215 cm³/mol. The third-order valence-electron chi connectivity index (χ3n) is 10.5. The molecule has 0 radical (unpaired) electrons. The maximum atomic E-state index is 2.56. The van der Waals surface area contributed by atoms with Crippen LogP contribution in [0.1, 0.15) is 17.7 Å². The van der Waals surface area contributed by atoms with Gasteiger partial charge in [0.2, 0.25) is 0 Å². The Bertz CT molecular complexity index is 2590. The molecule has 1 aliphatic carbocycles. The van der Waals surface area contributed by atoms with Crippen molar-refractivity contribution in [1.29, 1.82) is 0 Å². The third kappa shape index (κ3) is 4.59. The smallest absolute Gasteiger partial charge is 0.0541 e. The molecule has 2 nitrogen and oxygen atoms in total. The number of rotatable bonds is 6. The standard InChI is InChI=1S/C48H36N2S/c1-4-18-37(19-5-1)51(38-20-6-2-7-21-38,39-22-8-3-9-23-39)40-33-35(49-45-28-14-10-24-41(45)42-25-11-15-29-46(42)49)32-36(34-40)50-47-30-16-12-26-43(47)44-27-13-17-31-48(44)50/h1-16,18-30,32-34H,17,31H2. The molecule has 0 aliphatic heterocycles. The van der Waals surface area contributed by atoms with Crippen LogP contribution in [0.3, 0.4) is 0 Å².